The van der Waals surface area contributed by atoms with E-state index in [4.69, 9.17) is 11.6 Å². The molecule has 0 aliphatic heterocycles. The van der Waals surface area contributed by atoms with Gasteiger partial charge in [-0.2, -0.15) is 0 Å². The first-order valence-corrected chi connectivity index (χ1v) is 8.89. The zero-order valence-electron chi connectivity index (χ0n) is 13.7. The lowest BCUT2D eigenvalue weighted by atomic mass is 10.2. The minimum atomic E-state index is -0.110. The molecule has 8 heteroatoms. The lowest BCUT2D eigenvalue weighted by molar-refractivity contribution is -0.113. The number of aromatic nitrogens is 4. The monoisotopic (exact) mass is 373 g/mol. The number of amides is 1. The summed E-state index contributed by atoms with van der Waals surface area (Å²) in [7, 11) is 1.87. The molecule has 3 rings (SSSR count). The molecule has 1 amide bonds. The van der Waals surface area contributed by atoms with E-state index in [0.29, 0.717) is 16.0 Å². The molecule has 3 aromatic rings. The highest BCUT2D eigenvalue weighted by Crippen LogP contribution is 2.23. The average molecular weight is 374 g/mol. The van der Waals surface area contributed by atoms with Gasteiger partial charge in [0.1, 0.15) is 0 Å². The van der Waals surface area contributed by atoms with E-state index in [1.54, 1.807) is 24.5 Å². The number of aryl methyl sites for hydroxylation is 1. The quantitative estimate of drug-likeness (QED) is 0.692. The number of thioether (sulfide) groups is 1. The van der Waals surface area contributed by atoms with Crippen LogP contribution in [0.3, 0.4) is 0 Å². The minimum Gasteiger partial charge on any atom is -0.325 e. The van der Waals surface area contributed by atoms with Crippen molar-refractivity contribution in [2.24, 2.45) is 7.05 Å². The van der Waals surface area contributed by atoms with Gasteiger partial charge in [-0.3, -0.25) is 9.78 Å². The Kier molecular flexibility index (Phi) is 5.35. The van der Waals surface area contributed by atoms with Crippen LogP contribution in [0.2, 0.25) is 5.02 Å². The van der Waals surface area contributed by atoms with E-state index in [9.17, 15) is 4.79 Å². The number of hydrogen-bond acceptors (Lipinski definition) is 5. The molecule has 0 unspecified atom stereocenters. The van der Waals surface area contributed by atoms with E-state index in [2.05, 4.69) is 20.5 Å². The second-order valence-electron chi connectivity index (χ2n) is 5.40. The molecule has 128 valence electrons. The van der Waals surface area contributed by atoms with Gasteiger partial charge in [-0.05, 0) is 42.8 Å². The highest BCUT2D eigenvalue weighted by Gasteiger charge is 2.13. The molecule has 0 saturated carbocycles. The number of benzene rings is 1. The Morgan fingerprint density at radius 2 is 2.16 bits per heavy atom. The molecule has 2 aromatic heterocycles. The minimum absolute atomic E-state index is 0.110. The number of nitrogens with one attached hydrogen (secondary N) is 1. The molecule has 1 aromatic carbocycles. The highest BCUT2D eigenvalue weighted by atomic mass is 35.5. The average Bonchev–Trinajstić information content (AvgIpc) is 2.97. The van der Waals surface area contributed by atoms with Crippen molar-refractivity contribution in [3.8, 4) is 11.4 Å². The van der Waals surface area contributed by atoms with Crippen LogP contribution < -0.4 is 5.32 Å². The van der Waals surface area contributed by atoms with Crippen molar-refractivity contribution in [3.63, 3.8) is 0 Å². The Balaban J connectivity index is 1.64. The van der Waals surface area contributed by atoms with Gasteiger partial charge in [0.15, 0.2) is 11.0 Å². The van der Waals surface area contributed by atoms with E-state index >= 15 is 0 Å². The largest absolute Gasteiger partial charge is 0.325 e. The van der Waals surface area contributed by atoms with Crippen molar-refractivity contribution in [2.45, 2.75) is 12.1 Å². The summed E-state index contributed by atoms with van der Waals surface area (Å²) in [5, 5.41) is 12.5. The number of halogens is 1. The Bertz CT molecular complexity index is 897. The van der Waals surface area contributed by atoms with Crippen LogP contribution >= 0.6 is 23.4 Å². The second-order valence-corrected chi connectivity index (χ2v) is 6.78. The van der Waals surface area contributed by atoms with E-state index < -0.39 is 0 Å². The predicted molar refractivity (Wildman–Crippen MR) is 99.8 cm³/mol. The van der Waals surface area contributed by atoms with Crippen LogP contribution in [0.4, 0.5) is 5.69 Å². The fraction of sp³-hybridized carbons (Fsp3) is 0.176. The Labute approximate surface area is 154 Å². The summed E-state index contributed by atoms with van der Waals surface area (Å²) in [6, 6.07) is 9.12. The smallest absolute Gasteiger partial charge is 0.234 e. The van der Waals surface area contributed by atoms with Crippen LogP contribution in [0.15, 0.2) is 47.9 Å². The zero-order valence-corrected chi connectivity index (χ0v) is 15.3. The van der Waals surface area contributed by atoms with Gasteiger partial charge in [0, 0.05) is 35.7 Å². The van der Waals surface area contributed by atoms with Gasteiger partial charge in [-0.1, -0.05) is 23.4 Å². The standard InChI is InChI=1S/C17H16ClN5OS/c1-11-8-13(18)5-6-14(11)20-15(24)10-25-17-22-21-16(23(17)2)12-4-3-7-19-9-12/h3-9H,10H2,1-2H3,(H,20,24). The Hall–Kier alpha value is -2.38. The van der Waals surface area contributed by atoms with Gasteiger partial charge in [0.2, 0.25) is 5.91 Å². The normalized spacial score (nSPS) is 10.7. The number of rotatable bonds is 5. The first kappa shape index (κ1) is 17.4. The maximum Gasteiger partial charge on any atom is 0.234 e. The molecule has 25 heavy (non-hydrogen) atoms. The van der Waals surface area contributed by atoms with Gasteiger partial charge in [-0.25, -0.2) is 0 Å². The van der Waals surface area contributed by atoms with Gasteiger partial charge in [0.25, 0.3) is 0 Å². The van der Waals surface area contributed by atoms with Gasteiger partial charge >= 0.3 is 0 Å². The van der Waals surface area contributed by atoms with Crippen molar-refractivity contribution >= 4 is 35.0 Å². The maximum absolute atomic E-state index is 12.2. The van der Waals surface area contributed by atoms with E-state index in [1.807, 2.05) is 36.7 Å². The summed E-state index contributed by atoms with van der Waals surface area (Å²) < 4.78 is 1.85. The molecule has 0 bridgehead atoms. The molecule has 0 radical (unpaired) electrons. The van der Waals surface area contributed by atoms with Crippen molar-refractivity contribution in [2.75, 3.05) is 11.1 Å². The van der Waals surface area contributed by atoms with Gasteiger partial charge < -0.3 is 9.88 Å². The number of pyridine rings is 1. The summed E-state index contributed by atoms with van der Waals surface area (Å²) >= 11 is 7.26. The number of carbonyl (C=O) groups excluding carboxylic acids is 1. The lowest BCUT2D eigenvalue weighted by Crippen LogP contribution is -2.15. The van der Waals surface area contributed by atoms with Crippen molar-refractivity contribution in [1.82, 2.24) is 19.7 Å². The molecule has 0 aliphatic rings. The summed E-state index contributed by atoms with van der Waals surface area (Å²) in [5.41, 5.74) is 2.55. The van der Waals surface area contributed by atoms with Crippen LogP contribution in [0.5, 0.6) is 0 Å². The first-order chi connectivity index (χ1) is 12.0. The molecular formula is C17H16ClN5OS. The molecular weight excluding hydrogens is 358 g/mol. The van der Waals surface area contributed by atoms with Crippen LogP contribution in [0, 0.1) is 6.92 Å². The summed E-state index contributed by atoms with van der Waals surface area (Å²) in [4.78, 5) is 16.3. The molecule has 0 saturated heterocycles. The predicted octanol–water partition coefficient (Wildman–Crippen LogP) is 3.57. The molecule has 0 atom stereocenters. The Morgan fingerprint density at radius 1 is 1.32 bits per heavy atom. The lowest BCUT2D eigenvalue weighted by Gasteiger charge is -2.08. The van der Waals surface area contributed by atoms with E-state index in [0.717, 1.165) is 16.8 Å². The number of hydrogen-bond donors (Lipinski definition) is 1. The SMILES string of the molecule is Cc1cc(Cl)ccc1NC(=O)CSc1nnc(-c2cccnc2)n1C. The molecule has 0 spiro atoms. The topological polar surface area (TPSA) is 72.7 Å². The number of anilines is 1. The fourth-order valence-corrected chi connectivity index (χ4v) is 3.21. The van der Waals surface area contributed by atoms with Crippen LogP contribution in [-0.4, -0.2) is 31.4 Å². The highest BCUT2D eigenvalue weighted by molar-refractivity contribution is 7.99. The summed E-state index contributed by atoms with van der Waals surface area (Å²) in [6.07, 6.45) is 3.44. The van der Waals surface area contributed by atoms with Crippen LogP contribution in [0.25, 0.3) is 11.4 Å². The maximum atomic E-state index is 12.2. The van der Waals surface area contributed by atoms with Crippen LogP contribution in [-0.2, 0) is 11.8 Å². The third-order valence-corrected chi connectivity index (χ3v) is 4.80. The number of carbonyl (C=O) groups is 1. The number of nitrogens with zero attached hydrogens (tertiary/aromatic N) is 4. The Morgan fingerprint density at radius 3 is 2.88 bits per heavy atom. The second kappa shape index (κ2) is 7.67. The van der Waals surface area contributed by atoms with Crippen molar-refractivity contribution < 1.29 is 4.79 Å². The molecule has 6 nitrogen and oxygen atoms in total. The van der Waals surface area contributed by atoms with Crippen LogP contribution in [0.1, 0.15) is 5.56 Å². The summed E-state index contributed by atoms with van der Waals surface area (Å²) in [5.74, 6) is 0.840. The van der Waals surface area contributed by atoms with Gasteiger partial charge in [0.05, 0.1) is 5.75 Å². The summed E-state index contributed by atoms with van der Waals surface area (Å²) in [6.45, 7) is 1.90. The molecule has 2 heterocycles. The third-order valence-electron chi connectivity index (χ3n) is 3.55. The fourth-order valence-electron chi connectivity index (χ4n) is 2.27. The third kappa shape index (κ3) is 4.18. The molecule has 0 aliphatic carbocycles. The zero-order chi connectivity index (χ0) is 17.8. The van der Waals surface area contributed by atoms with Crippen molar-refractivity contribution in [3.05, 3.63) is 53.3 Å². The van der Waals surface area contributed by atoms with E-state index in [-0.39, 0.29) is 11.7 Å². The molecule has 0 fully saturated rings. The van der Waals surface area contributed by atoms with E-state index in [1.165, 1.54) is 11.8 Å². The van der Waals surface area contributed by atoms with Crippen molar-refractivity contribution in [1.29, 1.82) is 0 Å². The van der Waals surface area contributed by atoms with Gasteiger partial charge in [-0.15, -0.1) is 10.2 Å². The molecule has 1 N–H and O–H groups in total. The first-order valence-electron chi connectivity index (χ1n) is 7.53.